The van der Waals surface area contributed by atoms with Crippen molar-refractivity contribution in [2.75, 3.05) is 50.8 Å². The first-order valence-electron chi connectivity index (χ1n) is 37.8. The summed E-state index contributed by atoms with van der Waals surface area (Å²) < 4.78 is 0. The number of aromatic hydroxyl groups is 1. The topological polar surface area (TPSA) is 604 Å². The second kappa shape index (κ2) is 46.1. The first kappa shape index (κ1) is 94.2. The third-order valence-electron chi connectivity index (χ3n) is 20.0. The Bertz CT molecular complexity index is 3740. The molecule has 39 nitrogen and oxygen atoms in total. The maximum atomic E-state index is 14.9. The molecular weight excluding hydrogens is 1530 g/mol. The lowest BCUT2D eigenvalue weighted by atomic mass is 9.96. The molecule has 3 aliphatic heterocycles. The normalized spacial score (nSPS) is 18.9. The van der Waals surface area contributed by atoms with Crippen LogP contribution in [0.4, 0.5) is 0 Å². The summed E-state index contributed by atoms with van der Waals surface area (Å²) in [6.45, 7) is 7.72. The minimum atomic E-state index is -1.85. The van der Waals surface area contributed by atoms with Crippen molar-refractivity contribution in [3.63, 3.8) is 0 Å². The number of aliphatic carboxylic acids is 2. The molecule has 2 aromatic rings. The molecule has 3 fully saturated rings. The molecule has 0 saturated carbocycles. The summed E-state index contributed by atoms with van der Waals surface area (Å²) in [6, 6.07) is -6.13. The Hall–Kier alpha value is -10.4. The standard InChI is InChI=1S/C73H110N18O21S2/c1-7-37(3)56(67(106)85-50(36-114)64(103)82-47(31-41-16-10-9-11-17-41)69(108)89-27-13-19-51(89)65(104)83-48(72(111)112)32-55(96)97)86-66(105)52-20-14-28-90(52)70(109)53-21-15-29-91(53)71(110)57(38(4)8-2)87-63(102)49(34-92)84-62(101)46(30-42-22-24-43(94)25-23-42)81-68(107)58(40(6)93)88-59(98)39(5)79-61(100)45(18-12-26-77-73(75)76)80-54(95)33-78-60(99)44(74)35-113/h9-11,16-17,22-25,37-40,44-53,56-58,92-94,113-114H,7-8,12-15,18-21,26-36,74H2,1-6H3,(H,78,99)(H,79,100)(H,80,95)(H,81,107)(H,82,103)(H,83,104)(H,84,101)(H,85,106)(H,86,105)(H,87,102)(H,88,98)(H,96,97)(H,111,112)(H4,75,76,77)/t37-,38-,39-,40+,44-,45-,46-,47-,48-,49-,50-,51-,52-,53-,56-,57-,58-/m0/s1. The molecular formula is C73H110N18O21S2. The summed E-state index contributed by atoms with van der Waals surface area (Å²) in [4.78, 5) is 224. The lowest BCUT2D eigenvalue weighted by Gasteiger charge is -2.35. The summed E-state index contributed by atoms with van der Waals surface area (Å²) in [7, 11) is 0. The van der Waals surface area contributed by atoms with Crippen LogP contribution in [0.25, 0.3) is 0 Å². The Balaban J connectivity index is 1.28. The number of hydrogen-bond acceptors (Lipinski definition) is 23. The van der Waals surface area contributed by atoms with Gasteiger partial charge in [0.15, 0.2) is 5.96 Å². The number of phenols is 1. The number of amides is 14. The number of phenolic OH excluding ortho intramolecular Hbond substituents is 1. The molecule has 0 aliphatic carbocycles. The van der Waals surface area contributed by atoms with E-state index >= 15 is 0 Å². The molecule has 3 aliphatic rings. The number of thiol groups is 2. The van der Waals surface area contributed by atoms with Crippen molar-refractivity contribution in [3.05, 3.63) is 65.7 Å². The van der Waals surface area contributed by atoms with Gasteiger partial charge < -0.3 is 116 Å². The van der Waals surface area contributed by atoms with E-state index in [1.165, 1.54) is 45.9 Å². The van der Waals surface area contributed by atoms with Gasteiger partial charge in [-0.3, -0.25) is 77.3 Å². The van der Waals surface area contributed by atoms with Crippen LogP contribution in [-0.4, -0.2) is 282 Å². The Labute approximate surface area is 670 Å². The number of nitrogens with two attached hydrogens (primary N) is 2. The third-order valence-corrected chi connectivity index (χ3v) is 20.8. The first-order chi connectivity index (χ1) is 54.0. The van der Waals surface area contributed by atoms with Gasteiger partial charge in [0.1, 0.15) is 84.3 Å². The van der Waals surface area contributed by atoms with Crippen LogP contribution < -0.4 is 75.3 Å². The molecule has 14 amide bonds. The van der Waals surface area contributed by atoms with Gasteiger partial charge in [0.05, 0.1) is 31.7 Å². The number of rotatable bonds is 44. The van der Waals surface area contributed by atoms with Crippen LogP contribution in [0.1, 0.15) is 123 Å². The van der Waals surface area contributed by atoms with E-state index in [-0.39, 0.29) is 101 Å². The van der Waals surface area contributed by atoms with Crippen LogP contribution in [-0.2, 0) is 89.6 Å². The third kappa shape index (κ3) is 28.0. The molecule has 114 heavy (non-hydrogen) atoms. The molecule has 0 unspecified atom stereocenters. The molecule has 3 heterocycles. The highest BCUT2D eigenvalue weighted by Gasteiger charge is 2.47. The van der Waals surface area contributed by atoms with Crippen molar-refractivity contribution in [1.29, 1.82) is 5.41 Å². The maximum absolute atomic E-state index is 14.9. The smallest absolute Gasteiger partial charge is 0.326 e. The molecule has 5 rings (SSSR count). The molecule has 3 saturated heterocycles. The molecule has 0 spiro atoms. The number of carboxylic acids is 2. The van der Waals surface area contributed by atoms with Crippen LogP contribution in [0.15, 0.2) is 54.6 Å². The van der Waals surface area contributed by atoms with E-state index in [4.69, 9.17) is 16.9 Å². The van der Waals surface area contributed by atoms with Crippen molar-refractivity contribution in [3.8, 4) is 5.75 Å². The van der Waals surface area contributed by atoms with E-state index in [0.717, 1.165) is 6.92 Å². The highest BCUT2D eigenvalue weighted by atomic mass is 32.1. The lowest BCUT2D eigenvalue weighted by molar-refractivity contribution is -0.149. The summed E-state index contributed by atoms with van der Waals surface area (Å²) in [5.74, 6) is -17.4. The number of carbonyl (C=O) groups is 16. The van der Waals surface area contributed by atoms with Crippen molar-refractivity contribution in [2.45, 2.75) is 216 Å². The van der Waals surface area contributed by atoms with Crippen molar-refractivity contribution in [2.24, 2.45) is 23.3 Å². The number of nitrogens with zero attached hydrogens (tertiary/aromatic N) is 3. The van der Waals surface area contributed by atoms with Gasteiger partial charge in [-0.25, -0.2) is 4.79 Å². The van der Waals surface area contributed by atoms with Crippen LogP contribution in [0.5, 0.6) is 5.75 Å². The van der Waals surface area contributed by atoms with Gasteiger partial charge in [0.2, 0.25) is 82.7 Å². The van der Waals surface area contributed by atoms with E-state index < -0.39 is 217 Å². The number of aliphatic hydroxyl groups is 2. The lowest BCUT2D eigenvalue weighted by Crippen LogP contribution is -2.62. The van der Waals surface area contributed by atoms with Gasteiger partial charge in [0.25, 0.3) is 0 Å². The van der Waals surface area contributed by atoms with Crippen molar-refractivity contribution >= 4 is 126 Å². The van der Waals surface area contributed by atoms with Crippen molar-refractivity contribution in [1.82, 2.24) is 78.5 Å². The van der Waals surface area contributed by atoms with Crippen LogP contribution >= 0.6 is 25.3 Å². The molecule has 0 aromatic heterocycles. The molecule has 2 aromatic carbocycles. The summed E-state index contributed by atoms with van der Waals surface area (Å²) >= 11 is 8.32. The number of benzene rings is 2. The molecule has 41 heteroatoms. The zero-order chi connectivity index (χ0) is 84.8. The second-order valence-corrected chi connectivity index (χ2v) is 29.3. The Morgan fingerprint density at radius 1 is 0.526 bits per heavy atom. The fraction of sp³-hybridized carbons (Fsp3) is 0.603. The average Bonchev–Trinajstić information content (AvgIpc) is 1.63. The first-order valence-corrected chi connectivity index (χ1v) is 39.1. The molecule has 22 N–H and O–H groups in total. The van der Waals surface area contributed by atoms with Gasteiger partial charge in [0, 0.05) is 50.5 Å². The van der Waals surface area contributed by atoms with E-state index in [1.807, 2.05) is 0 Å². The number of nitrogens with one attached hydrogen (secondary N) is 13. The SMILES string of the molecule is CC[C@H](C)[C@H](NC(=O)[C@@H]1CCCN1C(=O)[C@@H]1CCCN1C(=O)[C@@H](NC(=O)[C@H](CO)NC(=O)[C@H](Cc1ccc(O)cc1)NC(=O)[C@@H](NC(=O)[C@H](C)NC(=O)[C@H](CCCNC(=N)N)NC(=O)CNC(=O)[C@@H](N)CS)[C@@H](C)O)[C@@H](C)CC)C(=O)N[C@@H](CS)C(=O)N[C@@H](Cc1ccccc1)C(=O)N1CCC[C@H]1C(=O)N[C@@H](CC(=O)O)C(=O)O. The van der Waals surface area contributed by atoms with Gasteiger partial charge in [-0.05, 0) is 100 Å². The second-order valence-electron chi connectivity index (χ2n) is 28.5. The maximum Gasteiger partial charge on any atom is 0.326 e. The highest BCUT2D eigenvalue weighted by molar-refractivity contribution is 7.80. The summed E-state index contributed by atoms with van der Waals surface area (Å²) in [5.41, 5.74) is 12.0. The quantitative estimate of drug-likeness (QED) is 0.0127. The Kier molecular flexibility index (Phi) is 38.1. The Morgan fingerprint density at radius 2 is 1.03 bits per heavy atom. The minimum Gasteiger partial charge on any atom is -0.508 e. The highest BCUT2D eigenvalue weighted by Crippen LogP contribution is 2.28. The van der Waals surface area contributed by atoms with E-state index in [0.29, 0.717) is 36.8 Å². The largest absolute Gasteiger partial charge is 0.508 e. The molecule has 17 atom stereocenters. The van der Waals surface area contributed by atoms with Gasteiger partial charge >= 0.3 is 11.9 Å². The van der Waals surface area contributed by atoms with Crippen LogP contribution in [0, 0.1) is 17.2 Å². The number of aliphatic hydroxyl groups excluding tert-OH is 2. The predicted molar refractivity (Wildman–Crippen MR) is 417 cm³/mol. The zero-order valence-electron chi connectivity index (χ0n) is 64.5. The predicted octanol–water partition coefficient (Wildman–Crippen LogP) is -5.39. The number of guanidine groups is 1. The Morgan fingerprint density at radius 3 is 1.60 bits per heavy atom. The van der Waals surface area contributed by atoms with E-state index in [2.05, 4.69) is 89.1 Å². The molecule has 0 bridgehead atoms. The molecule has 0 radical (unpaired) electrons. The minimum absolute atomic E-state index is 0.0255. The van der Waals surface area contributed by atoms with Gasteiger partial charge in [-0.1, -0.05) is 83.0 Å². The van der Waals surface area contributed by atoms with Crippen LogP contribution in [0.2, 0.25) is 0 Å². The van der Waals surface area contributed by atoms with Crippen LogP contribution in [0.3, 0.4) is 0 Å². The number of carboxylic acid groups (broad SMARTS) is 2. The van der Waals surface area contributed by atoms with E-state index in [1.54, 1.807) is 58.0 Å². The monoisotopic (exact) mass is 1640 g/mol. The van der Waals surface area contributed by atoms with Gasteiger partial charge in [-0.15, -0.1) is 0 Å². The fourth-order valence-corrected chi connectivity index (χ4v) is 13.5. The van der Waals surface area contributed by atoms with Crippen molar-refractivity contribution < 1.29 is 102 Å². The zero-order valence-corrected chi connectivity index (χ0v) is 66.3. The average molecular weight is 1640 g/mol. The number of likely N-dealkylation sites (tertiary alicyclic amines) is 3. The summed E-state index contributed by atoms with van der Waals surface area (Å²) in [6.07, 6.45) is -1.08. The number of carbonyl (C=O) groups excluding carboxylic acids is 14. The van der Waals surface area contributed by atoms with E-state index in [9.17, 15) is 102 Å². The molecule has 630 valence electrons. The summed E-state index contributed by atoms with van der Waals surface area (Å²) in [5, 5.41) is 88.0. The number of hydrogen-bond donors (Lipinski definition) is 22. The van der Waals surface area contributed by atoms with Gasteiger partial charge in [-0.2, -0.15) is 25.3 Å². The fourth-order valence-electron chi connectivity index (χ4n) is 13.1.